The van der Waals surface area contributed by atoms with Gasteiger partial charge in [0.1, 0.15) is 0 Å². The van der Waals surface area contributed by atoms with Crippen molar-refractivity contribution in [1.29, 1.82) is 0 Å². The quantitative estimate of drug-likeness (QED) is 0.867. The first-order valence-corrected chi connectivity index (χ1v) is 7.44. The summed E-state index contributed by atoms with van der Waals surface area (Å²) in [5.74, 6) is 0. The molecule has 100 valence electrons. The molecule has 0 atom stereocenters. The Morgan fingerprint density at radius 1 is 1.22 bits per heavy atom. The van der Waals surface area contributed by atoms with Crippen LogP contribution in [-0.4, -0.2) is 17.1 Å². The molecule has 1 aliphatic rings. The van der Waals surface area contributed by atoms with Crippen molar-refractivity contribution in [3.05, 3.63) is 28.5 Å². The fourth-order valence-corrected chi connectivity index (χ4v) is 2.66. The van der Waals surface area contributed by atoms with Crippen molar-refractivity contribution < 1.29 is 4.74 Å². The molecule has 4 heteroatoms. The van der Waals surface area contributed by atoms with Gasteiger partial charge in [-0.25, -0.2) is 0 Å². The van der Waals surface area contributed by atoms with Crippen LogP contribution in [0.3, 0.4) is 0 Å². The SMILES string of the molecule is NC1(COCc2ccc(Br)cn2)CCCCCC1. The molecule has 1 heterocycles. The number of hydrogen-bond donors (Lipinski definition) is 1. The molecule has 2 rings (SSSR count). The van der Waals surface area contributed by atoms with E-state index in [-0.39, 0.29) is 5.54 Å². The van der Waals surface area contributed by atoms with Gasteiger partial charge in [0.2, 0.25) is 0 Å². The van der Waals surface area contributed by atoms with Gasteiger partial charge < -0.3 is 10.5 Å². The molecule has 1 aromatic heterocycles. The highest BCUT2D eigenvalue weighted by molar-refractivity contribution is 9.10. The standard InChI is InChI=1S/C14H21BrN2O/c15-12-5-6-13(17-9-12)10-18-11-14(16)7-3-1-2-4-8-14/h5-6,9H,1-4,7-8,10-11,16H2. The maximum Gasteiger partial charge on any atom is 0.0888 e. The predicted octanol–water partition coefficient (Wildman–Crippen LogP) is 3.41. The van der Waals surface area contributed by atoms with Crippen molar-refractivity contribution in [1.82, 2.24) is 4.98 Å². The molecule has 18 heavy (non-hydrogen) atoms. The molecular formula is C14H21BrN2O. The van der Waals surface area contributed by atoms with Crippen LogP contribution in [0.4, 0.5) is 0 Å². The topological polar surface area (TPSA) is 48.1 Å². The number of hydrogen-bond acceptors (Lipinski definition) is 3. The van der Waals surface area contributed by atoms with Gasteiger partial charge in [0.05, 0.1) is 18.9 Å². The Kier molecular flexibility index (Phi) is 5.15. The average Bonchev–Trinajstić information content (AvgIpc) is 2.57. The lowest BCUT2D eigenvalue weighted by atomic mass is 9.93. The van der Waals surface area contributed by atoms with Crippen molar-refractivity contribution in [2.75, 3.05) is 6.61 Å². The van der Waals surface area contributed by atoms with Crippen molar-refractivity contribution in [2.45, 2.75) is 50.7 Å². The van der Waals surface area contributed by atoms with E-state index in [1.807, 2.05) is 12.1 Å². The van der Waals surface area contributed by atoms with E-state index < -0.39 is 0 Å². The Bertz CT molecular complexity index is 359. The minimum Gasteiger partial charge on any atom is -0.373 e. The minimum atomic E-state index is -0.119. The summed E-state index contributed by atoms with van der Waals surface area (Å²) in [5, 5.41) is 0. The number of nitrogens with two attached hydrogens (primary N) is 1. The Morgan fingerprint density at radius 3 is 2.56 bits per heavy atom. The summed E-state index contributed by atoms with van der Waals surface area (Å²) in [5.41, 5.74) is 7.23. The molecule has 3 nitrogen and oxygen atoms in total. The third kappa shape index (κ3) is 4.34. The number of pyridine rings is 1. The first kappa shape index (κ1) is 14.0. The third-order valence-corrected chi connectivity index (χ3v) is 4.00. The lowest BCUT2D eigenvalue weighted by Crippen LogP contribution is -2.43. The zero-order valence-corrected chi connectivity index (χ0v) is 12.3. The Morgan fingerprint density at radius 2 is 1.94 bits per heavy atom. The second-order valence-corrected chi connectivity index (χ2v) is 6.15. The van der Waals surface area contributed by atoms with E-state index in [0.717, 1.165) is 23.0 Å². The maximum absolute atomic E-state index is 6.39. The van der Waals surface area contributed by atoms with E-state index in [4.69, 9.17) is 10.5 Å². The highest BCUT2D eigenvalue weighted by Crippen LogP contribution is 2.25. The van der Waals surface area contributed by atoms with Gasteiger partial charge in [0.25, 0.3) is 0 Å². The van der Waals surface area contributed by atoms with Gasteiger partial charge >= 0.3 is 0 Å². The van der Waals surface area contributed by atoms with Gasteiger partial charge in [0, 0.05) is 16.2 Å². The van der Waals surface area contributed by atoms with Gasteiger partial charge in [-0.05, 0) is 40.9 Å². The molecule has 1 saturated carbocycles. The fraction of sp³-hybridized carbons (Fsp3) is 0.643. The van der Waals surface area contributed by atoms with E-state index in [2.05, 4.69) is 20.9 Å². The van der Waals surface area contributed by atoms with Gasteiger partial charge in [-0.1, -0.05) is 25.7 Å². The summed E-state index contributed by atoms with van der Waals surface area (Å²) in [6, 6.07) is 3.95. The highest BCUT2D eigenvalue weighted by atomic mass is 79.9. The Hall–Kier alpha value is -0.450. The molecule has 0 aliphatic heterocycles. The molecular weight excluding hydrogens is 292 g/mol. The maximum atomic E-state index is 6.39. The second-order valence-electron chi connectivity index (χ2n) is 5.24. The van der Waals surface area contributed by atoms with E-state index in [0.29, 0.717) is 13.2 Å². The molecule has 1 fully saturated rings. The summed E-state index contributed by atoms with van der Waals surface area (Å²) in [7, 11) is 0. The van der Waals surface area contributed by atoms with Crippen LogP contribution < -0.4 is 5.73 Å². The molecule has 0 radical (unpaired) electrons. The van der Waals surface area contributed by atoms with Crippen LogP contribution in [0.1, 0.15) is 44.2 Å². The largest absolute Gasteiger partial charge is 0.373 e. The molecule has 0 saturated heterocycles. The summed E-state index contributed by atoms with van der Waals surface area (Å²) in [6.07, 6.45) is 9.05. The predicted molar refractivity (Wildman–Crippen MR) is 76.2 cm³/mol. The molecule has 0 amide bonds. The number of rotatable bonds is 4. The van der Waals surface area contributed by atoms with E-state index in [9.17, 15) is 0 Å². The van der Waals surface area contributed by atoms with Crippen molar-refractivity contribution >= 4 is 15.9 Å². The van der Waals surface area contributed by atoms with Crippen LogP contribution in [0, 0.1) is 0 Å². The van der Waals surface area contributed by atoms with Crippen molar-refractivity contribution in [3.63, 3.8) is 0 Å². The smallest absolute Gasteiger partial charge is 0.0888 e. The summed E-state index contributed by atoms with van der Waals surface area (Å²) < 4.78 is 6.75. The first-order chi connectivity index (χ1) is 8.68. The molecule has 1 aromatic rings. The van der Waals surface area contributed by atoms with Gasteiger partial charge in [-0.2, -0.15) is 0 Å². The highest BCUT2D eigenvalue weighted by Gasteiger charge is 2.26. The third-order valence-electron chi connectivity index (χ3n) is 3.53. The van der Waals surface area contributed by atoms with Crippen molar-refractivity contribution in [2.24, 2.45) is 5.73 Å². The van der Waals surface area contributed by atoms with Crippen LogP contribution >= 0.6 is 15.9 Å². The average molecular weight is 313 g/mol. The summed E-state index contributed by atoms with van der Waals surface area (Å²) in [6.45, 7) is 1.19. The van der Waals surface area contributed by atoms with Crippen molar-refractivity contribution in [3.8, 4) is 0 Å². The molecule has 0 unspecified atom stereocenters. The van der Waals surface area contributed by atoms with E-state index in [1.54, 1.807) is 6.20 Å². The minimum absolute atomic E-state index is 0.119. The van der Waals surface area contributed by atoms with Gasteiger partial charge in [0.15, 0.2) is 0 Å². The molecule has 1 aliphatic carbocycles. The van der Waals surface area contributed by atoms with Crippen LogP contribution in [0.25, 0.3) is 0 Å². The molecule has 0 bridgehead atoms. The van der Waals surface area contributed by atoms with Gasteiger partial charge in [-0.3, -0.25) is 4.98 Å². The van der Waals surface area contributed by atoms with Crippen LogP contribution in [0.2, 0.25) is 0 Å². The number of halogens is 1. The van der Waals surface area contributed by atoms with E-state index in [1.165, 1.54) is 25.7 Å². The Labute approximate surface area is 117 Å². The Balaban J connectivity index is 1.78. The number of aromatic nitrogens is 1. The first-order valence-electron chi connectivity index (χ1n) is 6.65. The fourth-order valence-electron chi connectivity index (χ4n) is 2.43. The lowest BCUT2D eigenvalue weighted by Gasteiger charge is -2.27. The lowest BCUT2D eigenvalue weighted by molar-refractivity contribution is 0.0649. The monoisotopic (exact) mass is 312 g/mol. The molecule has 2 N–H and O–H groups in total. The number of ether oxygens (including phenoxy) is 1. The molecule has 0 spiro atoms. The summed E-state index contributed by atoms with van der Waals surface area (Å²) >= 11 is 3.37. The van der Waals surface area contributed by atoms with Crippen LogP contribution in [0.15, 0.2) is 22.8 Å². The second kappa shape index (κ2) is 6.64. The van der Waals surface area contributed by atoms with Gasteiger partial charge in [-0.15, -0.1) is 0 Å². The zero-order valence-electron chi connectivity index (χ0n) is 10.7. The number of nitrogens with zero attached hydrogens (tertiary/aromatic N) is 1. The zero-order chi connectivity index (χ0) is 12.8. The van der Waals surface area contributed by atoms with E-state index >= 15 is 0 Å². The van der Waals surface area contributed by atoms with Crippen LogP contribution in [0.5, 0.6) is 0 Å². The van der Waals surface area contributed by atoms with Crippen LogP contribution in [-0.2, 0) is 11.3 Å². The summed E-state index contributed by atoms with van der Waals surface area (Å²) in [4.78, 5) is 4.29. The normalized spacial score (nSPS) is 19.4. The molecule has 0 aromatic carbocycles.